The molecular weight excluding hydrogens is 255 g/mol. The summed E-state index contributed by atoms with van der Waals surface area (Å²) in [5, 5.41) is 2.88. The highest BCUT2D eigenvalue weighted by molar-refractivity contribution is 5.95. The molecule has 0 bridgehead atoms. The number of nitrogens with one attached hydrogen (secondary N) is 1. The Balaban J connectivity index is 1.72. The van der Waals surface area contributed by atoms with E-state index < -0.39 is 5.82 Å². The number of amides is 1. The Kier molecular flexibility index (Phi) is 3.14. The number of fused-ring (bicyclic) bond motifs is 1. The van der Waals surface area contributed by atoms with E-state index in [1.165, 1.54) is 23.3 Å². The second-order valence-corrected chi connectivity index (χ2v) is 5.09. The molecule has 0 saturated heterocycles. The molecule has 1 amide bonds. The predicted molar refractivity (Wildman–Crippen MR) is 75.9 cm³/mol. The average Bonchev–Trinajstić information content (AvgIpc) is 2.80. The van der Waals surface area contributed by atoms with Crippen LogP contribution in [0.25, 0.3) is 0 Å². The van der Waals surface area contributed by atoms with Crippen LogP contribution in [0.3, 0.4) is 0 Å². The molecule has 0 heterocycles. The van der Waals surface area contributed by atoms with Crippen LogP contribution in [-0.4, -0.2) is 11.9 Å². The first-order valence-corrected chi connectivity index (χ1v) is 6.56. The number of nitrogen functional groups attached to an aromatic ring is 1. The number of hydrogen-bond acceptors (Lipinski definition) is 2. The largest absolute Gasteiger partial charge is 0.399 e. The normalized spacial score (nSPS) is 14.1. The average molecular weight is 270 g/mol. The van der Waals surface area contributed by atoms with E-state index in [4.69, 9.17) is 5.73 Å². The lowest BCUT2D eigenvalue weighted by Crippen LogP contribution is -2.35. The van der Waals surface area contributed by atoms with Crippen molar-refractivity contribution in [3.63, 3.8) is 0 Å². The number of benzene rings is 2. The van der Waals surface area contributed by atoms with Gasteiger partial charge in [0.2, 0.25) is 0 Å². The van der Waals surface area contributed by atoms with Crippen LogP contribution in [0, 0.1) is 5.82 Å². The van der Waals surface area contributed by atoms with Crippen molar-refractivity contribution in [2.75, 3.05) is 5.73 Å². The summed E-state index contributed by atoms with van der Waals surface area (Å²) in [6.45, 7) is 0. The van der Waals surface area contributed by atoms with E-state index >= 15 is 0 Å². The van der Waals surface area contributed by atoms with Crippen molar-refractivity contribution in [3.8, 4) is 0 Å². The molecule has 0 unspecified atom stereocenters. The Morgan fingerprint density at radius 1 is 1.15 bits per heavy atom. The summed E-state index contributed by atoms with van der Waals surface area (Å²) < 4.78 is 13.7. The fourth-order valence-corrected chi connectivity index (χ4v) is 2.64. The molecule has 2 aromatic rings. The molecule has 3 N–H and O–H groups in total. The summed E-state index contributed by atoms with van der Waals surface area (Å²) in [5.74, 6) is -0.974. The van der Waals surface area contributed by atoms with Gasteiger partial charge in [0.25, 0.3) is 5.91 Å². The van der Waals surface area contributed by atoms with Gasteiger partial charge in [0.15, 0.2) is 0 Å². The van der Waals surface area contributed by atoms with Crippen LogP contribution in [0.2, 0.25) is 0 Å². The molecule has 1 aliphatic carbocycles. The van der Waals surface area contributed by atoms with Crippen LogP contribution >= 0.6 is 0 Å². The van der Waals surface area contributed by atoms with E-state index in [0.717, 1.165) is 18.9 Å². The number of rotatable bonds is 2. The fraction of sp³-hybridized carbons (Fsp3) is 0.188. The van der Waals surface area contributed by atoms with E-state index in [1.54, 1.807) is 0 Å². The maximum atomic E-state index is 13.7. The molecule has 0 aliphatic heterocycles. The summed E-state index contributed by atoms with van der Waals surface area (Å²) in [6.07, 6.45) is 1.58. The summed E-state index contributed by atoms with van der Waals surface area (Å²) in [5.41, 5.74) is 8.32. The minimum Gasteiger partial charge on any atom is -0.399 e. The first-order valence-electron chi connectivity index (χ1n) is 6.56. The smallest absolute Gasteiger partial charge is 0.254 e. The zero-order valence-corrected chi connectivity index (χ0v) is 10.9. The topological polar surface area (TPSA) is 55.1 Å². The zero-order valence-electron chi connectivity index (χ0n) is 10.9. The Morgan fingerprint density at radius 2 is 1.80 bits per heavy atom. The van der Waals surface area contributed by atoms with Crippen LogP contribution < -0.4 is 11.1 Å². The van der Waals surface area contributed by atoms with E-state index in [2.05, 4.69) is 17.4 Å². The molecule has 3 rings (SSSR count). The third-order valence-electron chi connectivity index (χ3n) is 3.62. The minimum atomic E-state index is -0.585. The second-order valence-electron chi connectivity index (χ2n) is 5.09. The summed E-state index contributed by atoms with van der Waals surface area (Å²) in [7, 11) is 0. The van der Waals surface area contributed by atoms with Gasteiger partial charge in [-0.2, -0.15) is 0 Å². The van der Waals surface area contributed by atoms with Crippen molar-refractivity contribution in [1.29, 1.82) is 0 Å². The van der Waals surface area contributed by atoms with Crippen LogP contribution in [0.1, 0.15) is 21.5 Å². The van der Waals surface area contributed by atoms with Gasteiger partial charge in [0.05, 0.1) is 5.56 Å². The molecule has 0 saturated carbocycles. The fourth-order valence-electron chi connectivity index (χ4n) is 2.64. The molecule has 0 atom stereocenters. The lowest BCUT2D eigenvalue weighted by Gasteiger charge is -2.12. The van der Waals surface area contributed by atoms with Crippen LogP contribution in [0.5, 0.6) is 0 Å². The number of carbonyl (C=O) groups is 1. The Bertz CT molecular complexity index is 644. The monoisotopic (exact) mass is 270 g/mol. The molecular formula is C16H15FN2O. The summed E-state index contributed by atoms with van der Waals surface area (Å²) in [4.78, 5) is 12.1. The highest BCUT2D eigenvalue weighted by Gasteiger charge is 2.23. The maximum Gasteiger partial charge on any atom is 0.254 e. The van der Waals surface area contributed by atoms with Crippen molar-refractivity contribution >= 4 is 11.6 Å². The number of hydrogen-bond donors (Lipinski definition) is 2. The second kappa shape index (κ2) is 4.96. The molecule has 102 valence electrons. The molecule has 1 aliphatic rings. The van der Waals surface area contributed by atoms with Gasteiger partial charge in [-0.3, -0.25) is 4.79 Å². The quantitative estimate of drug-likeness (QED) is 0.823. The van der Waals surface area contributed by atoms with Gasteiger partial charge in [-0.1, -0.05) is 24.3 Å². The molecule has 0 spiro atoms. The molecule has 20 heavy (non-hydrogen) atoms. The maximum absolute atomic E-state index is 13.7. The van der Waals surface area contributed by atoms with E-state index in [0.29, 0.717) is 5.69 Å². The van der Waals surface area contributed by atoms with Crippen molar-refractivity contribution in [3.05, 3.63) is 65.0 Å². The molecule has 4 heteroatoms. The Hall–Kier alpha value is -2.36. The Labute approximate surface area is 116 Å². The highest BCUT2D eigenvalue weighted by atomic mass is 19.1. The lowest BCUT2D eigenvalue weighted by molar-refractivity contribution is 0.0934. The first-order chi connectivity index (χ1) is 9.63. The van der Waals surface area contributed by atoms with Gasteiger partial charge in [0.1, 0.15) is 5.82 Å². The third kappa shape index (κ3) is 2.37. The third-order valence-corrected chi connectivity index (χ3v) is 3.62. The van der Waals surface area contributed by atoms with Crippen molar-refractivity contribution in [1.82, 2.24) is 5.32 Å². The number of nitrogens with two attached hydrogens (primary N) is 1. The highest BCUT2D eigenvalue weighted by Crippen LogP contribution is 2.22. The Morgan fingerprint density at radius 3 is 2.40 bits per heavy atom. The predicted octanol–water partition coefficient (Wildman–Crippen LogP) is 2.31. The van der Waals surface area contributed by atoms with Crippen LogP contribution in [0.4, 0.5) is 10.1 Å². The van der Waals surface area contributed by atoms with E-state index in [9.17, 15) is 9.18 Å². The minimum absolute atomic E-state index is 0.0249. The van der Waals surface area contributed by atoms with Crippen molar-refractivity contribution in [2.45, 2.75) is 18.9 Å². The van der Waals surface area contributed by atoms with Gasteiger partial charge in [-0.15, -0.1) is 0 Å². The van der Waals surface area contributed by atoms with Crippen LogP contribution in [-0.2, 0) is 12.8 Å². The van der Waals surface area contributed by atoms with Gasteiger partial charge in [-0.25, -0.2) is 4.39 Å². The van der Waals surface area contributed by atoms with Gasteiger partial charge in [-0.05, 0) is 42.2 Å². The molecule has 0 fully saturated rings. The van der Waals surface area contributed by atoms with E-state index in [-0.39, 0.29) is 17.5 Å². The lowest BCUT2D eigenvalue weighted by atomic mass is 10.1. The number of anilines is 1. The first kappa shape index (κ1) is 12.7. The van der Waals surface area contributed by atoms with Crippen LogP contribution in [0.15, 0.2) is 42.5 Å². The molecule has 0 radical (unpaired) electrons. The van der Waals surface area contributed by atoms with Crippen molar-refractivity contribution < 1.29 is 9.18 Å². The summed E-state index contributed by atoms with van der Waals surface area (Å²) >= 11 is 0. The molecule has 3 nitrogen and oxygen atoms in total. The standard InChI is InChI=1S/C16H15FN2O/c17-15-9-12(18)5-6-14(15)16(20)19-13-7-10-3-1-2-4-11(10)8-13/h1-6,9,13H,7-8,18H2,(H,19,20). The van der Waals surface area contributed by atoms with Gasteiger partial charge in [0, 0.05) is 11.7 Å². The van der Waals surface area contributed by atoms with Crippen molar-refractivity contribution in [2.24, 2.45) is 0 Å². The van der Waals surface area contributed by atoms with Gasteiger partial charge >= 0.3 is 0 Å². The van der Waals surface area contributed by atoms with Gasteiger partial charge < -0.3 is 11.1 Å². The number of halogens is 1. The van der Waals surface area contributed by atoms with E-state index in [1.807, 2.05) is 12.1 Å². The summed E-state index contributed by atoms with van der Waals surface area (Å²) in [6, 6.07) is 12.2. The number of carbonyl (C=O) groups excluding carboxylic acids is 1. The zero-order chi connectivity index (χ0) is 14.1. The molecule has 2 aromatic carbocycles. The SMILES string of the molecule is Nc1ccc(C(=O)NC2Cc3ccccc3C2)c(F)c1. The molecule has 0 aromatic heterocycles.